The van der Waals surface area contributed by atoms with Crippen LogP contribution in [0.1, 0.15) is 110 Å². The third-order valence-electron chi connectivity index (χ3n) is 3.71. The lowest BCUT2D eigenvalue weighted by Crippen LogP contribution is -1.82. The molecular weight excluding hydrogens is 239 g/mol. The average molecular weight is 275 g/mol. The van der Waals surface area contributed by atoms with Crippen LogP contribution in [0.25, 0.3) is 0 Å². The van der Waals surface area contributed by atoms with Gasteiger partial charge in [-0.3, -0.25) is 0 Å². The number of hydrogen-bond acceptors (Lipinski definition) is 0. The Morgan fingerprint density at radius 2 is 0.579 bits per heavy atom. The molecule has 0 heterocycles. The first-order valence-electron chi connectivity index (χ1n) is 8.57. The summed E-state index contributed by atoms with van der Waals surface area (Å²) in [5.74, 6) is 0. The van der Waals surface area contributed by atoms with Crippen LogP contribution in [-0.2, 0) is 5.31 Å². The van der Waals surface area contributed by atoms with E-state index < -0.39 is 0 Å². The van der Waals surface area contributed by atoms with Gasteiger partial charge < -0.3 is 0 Å². The number of unbranched alkanes of at least 4 members (excludes halogenated alkanes) is 14. The summed E-state index contributed by atoms with van der Waals surface area (Å²) in [4.78, 5) is 0. The van der Waals surface area contributed by atoms with Crippen molar-refractivity contribution in [3.8, 4) is 0 Å². The summed E-state index contributed by atoms with van der Waals surface area (Å²) in [5.41, 5.74) is 0. The summed E-state index contributed by atoms with van der Waals surface area (Å²) in [6, 6.07) is 0. The SMILES string of the molecule is CCCCCCCCCCCCCCCCC.[O]F. The van der Waals surface area contributed by atoms with Crippen LogP contribution in [0.5, 0.6) is 0 Å². The third-order valence-corrected chi connectivity index (χ3v) is 3.71. The summed E-state index contributed by atoms with van der Waals surface area (Å²) < 4.78 is 8.25. The quantitative estimate of drug-likeness (QED) is 0.299. The summed E-state index contributed by atoms with van der Waals surface area (Å²) in [5, 5.41) is 6.75. The highest BCUT2D eigenvalue weighted by Gasteiger charge is 1.93. The molecule has 0 aliphatic carbocycles. The minimum atomic E-state index is 1.37. The molecule has 0 fully saturated rings. The standard InChI is InChI=1S/C17H36.FO/c1-3-5-7-9-11-13-15-17-16-14-12-10-8-6-4-2;1-2/h3-17H2,1-2H3;. The van der Waals surface area contributed by atoms with E-state index in [4.69, 9.17) is 9.84 Å². The van der Waals surface area contributed by atoms with Crippen LogP contribution in [0.3, 0.4) is 0 Å². The second-order valence-electron chi connectivity index (χ2n) is 5.60. The maximum atomic E-state index is 8.25. The first-order valence-corrected chi connectivity index (χ1v) is 8.57. The molecule has 1 radical (unpaired) electrons. The molecule has 0 rings (SSSR count). The molecule has 0 aromatic heterocycles. The monoisotopic (exact) mass is 275 g/mol. The molecule has 0 saturated heterocycles. The van der Waals surface area contributed by atoms with E-state index in [0.29, 0.717) is 0 Å². The first kappa shape index (κ1) is 21.2. The van der Waals surface area contributed by atoms with Gasteiger partial charge in [0, 0.05) is 5.31 Å². The van der Waals surface area contributed by atoms with E-state index in [-0.39, 0.29) is 0 Å². The zero-order valence-electron chi connectivity index (χ0n) is 13.4. The summed E-state index contributed by atoms with van der Waals surface area (Å²) in [6.07, 6.45) is 21.9. The molecule has 0 bridgehead atoms. The molecule has 2 heteroatoms. The van der Waals surface area contributed by atoms with Crippen LogP contribution in [-0.4, -0.2) is 0 Å². The molecule has 0 atom stereocenters. The lowest BCUT2D eigenvalue weighted by Gasteiger charge is -2.02. The Morgan fingerprint density at radius 3 is 0.737 bits per heavy atom. The number of rotatable bonds is 14. The van der Waals surface area contributed by atoms with E-state index in [0.717, 1.165) is 0 Å². The number of halogens is 1. The first-order chi connectivity index (χ1) is 9.41. The highest BCUT2D eigenvalue weighted by atomic mass is 19.3. The maximum absolute atomic E-state index is 8.25. The van der Waals surface area contributed by atoms with Gasteiger partial charge in [0.25, 0.3) is 0 Å². The Kier molecular flexibility index (Phi) is 25.7. The summed E-state index contributed by atoms with van der Waals surface area (Å²) in [7, 11) is 0. The second-order valence-corrected chi connectivity index (χ2v) is 5.60. The highest BCUT2D eigenvalue weighted by molar-refractivity contribution is 4.48. The van der Waals surface area contributed by atoms with Crippen molar-refractivity contribution in [1.82, 2.24) is 0 Å². The van der Waals surface area contributed by atoms with E-state index in [2.05, 4.69) is 13.8 Å². The fraction of sp³-hybridized carbons (Fsp3) is 1.00. The van der Waals surface area contributed by atoms with Gasteiger partial charge in [-0.05, 0) is 4.53 Å². The Balaban J connectivity index is 0. The van der Waals surface area contributed by atoms with Gasteiger partial charge in [-0.2, -0.15) is 0 Å². The molecule has 0 saturated carbocycles. The van der Waals surface area contributed by atoms with Gasteiger partial charge in [-0.1, -0.05) is 110 Å². The van der Waals surface area contributed by atoms with E-state index in [1.54, 1.807) is 0 Å². The molecule has 0 aliphatic rings. The van der Waals surface area contributed by atoms with Gasteiger partial charge in [-0.15, -0.1) is 0 Å². The molecule has 0 spiro atoms. The molecule has 19 heavy (non-hydrogen) atoms. The van der Waals surface area contributed by atoms with Crippen molar-refractivity contribution in [2.45, 2.75) is 110 Å². The topological polar surface area (TPSA) is 19.9 Å². The fourth-order valence-electron chi connectivity index (χ4n) is 2.44. The normalized spacial score (nSPS) is 10.1. The predicted molar refractivity (Wildman–Crippen MR) is 82.4 cm³/mol. The number of hydrogen-bond donors (Lipinski definition) is 0. The van der Waals surface area contributed by atoms with Gasteiger partial charge >= 0.3 is 0 Å². The minimum Gasteiger partial charge on any atom is -0.0654 e. The van der Waals surface area contributed by atoms with Gasteiger partial charge in [0.05, 0.1) is 0 Å². The van der Waals surface area contributed by atoms with Crippen molar-refractivity contribution in [1.29, 1.82) is 0 Å². The lowest BCUT2D eigenvalue weighted by molar-refractivity contribution is -0.125. The zero-order valence-corrected chi connectivity index (χ0v) is 13.4. The third kappa shape index (κ3) is 23.4. The smallest absolute Gasteiger partial charge is 0.0122 e. The maximum Gasteiger partial charge on any atom is 0.0122 e. The van der Waals surface area contributed by atoms with Crippen LogP contribution in [0, 0.1) is 0 Å². The molecule has 0 aromatic carbocycles. The second kappa shape index (κ2) is 23.0. The minimum absolute atomic E-state index is 1.37. The average Bonchev–Trinajstić information content (AvgIpc) is 2.46. The van der Waals surface area contributed by atoms with Gasteiger partial charge in [0.2, 0.25) is 0 Å². The molecule has 0 amide bonds. The fourth-order valence-corrected chi connectivity index (χ4v) is 2.44. The van der Waals surface area contributed by atoms with Crippen LogP contribution in [0.2, 0.25) is 0 Å². The van der Waals surface area contributed by atoms with Gasteiger partial charge in [0.1, 0.15) is 0 Å². The van der Waals surface area contributed by atoms with E-state index in [9.17, 15) is 0 Å². The van der Waals surface area contributed by atoms with Crippen LogP contribution >= 0.6 is 0 Å². The van der Waals surface area contributed by atoms with Crippen molar-refractivity contribution in [3.05, 3.63) is 0 Å². The molecular formula is C17H36FO. The molecule has 0 aliphatic heterocycles. The summed E-state index contributed by atoms with van der Waals surface area (Å²) in [6.45, 7) is 4.58. The molecule has 0 unspecified atom stereocenters. The largest absolute Gasteiger partial charge is 0.0654 e. The van der Waals surface area contributed by atoms with Crippen molar-refractivity contribution in [3.63, 3.8) is 0 Å². The Labute approximate surface area is 120 Å². The van der Waals surface area contributed by atoms with Gasteiger partial charge in [0.15, 0.2) is 0 Å². The Morgan fingerprint density at radius 1 is 0.421 bits per heavy atom. The van der Waals surface area contributed by atoms with E-state index in [1.807, 2.05) is 0 Å². The van der Waals surface area contributed by atoms with Crippen molar-refractivity contribution < 1.29 is 9.84 Å². The molecule has 1 nitrogen and oxygen atoms in total. The van der Waals surface area contributed by atoms with Gasteiger partial charge in [-0.25, -0.2) is 0 Å². The molecule has 0 aromatic rings. The van der Waals surface area contributed by atoms with E-state index in [1.165, 1.54) is 96.3 Å². The van der Waals surface area contributed by atoms with E-state index >= 15 is 0 Å². The van der Waals surface area contributed by atoms with Crippen LogP contribution in [0.4, 0.5) is 4.53 Å². The van der Waals surface area contributed by atoms with Crippen LogP contribution in [0.15, 0.2) is 0 Å². The van der Waals surface area contributed by atoms with Crippen molar-refractivity contribution in [2.75, 3.05) is 0 Å². The predicted octanol–water partition coefficient (Wildman–Crippen LogP) is 7.18. The van der Waals surface area contributed by atoms with Crippen LogP contribution < -0.4 is 0 Å². The Bertz CT molecular complexity index is 114. The van der Waals surface area contributed by atoms with Crippen molar-refractivity contribution >= 4 is 0 Å². The molecule has 117 valence electrons. The highest BCUT2D eigenvalue weighted by Crippen LogP contribution is 2.13. The Hall–Kier alpha value is -0.110. The summed E-state index contributed by atoms with van der Waals surface area (Å²) >= 11 is 0. The molecule has 0 N–H and O–H groups in total. The lowest BCUT2D eigenvalue weighted by atomic mass is 10.0. The zero-order chi connectivity index (χ0) is 14.6. The van der Waals surface area contributed by atoms with Crippen molar-refractivity contribution in [2.24, 2.45) is 0 Å².